The van der Waals surface area contributed by atoms with E-state index in [9.17, 15) is 0 Å². The fourth-order valence-electron chi connectivity index (χ4n) is 6.19. The molecule has 2 heteroatoms. The van der Waals surface area contributed by atoms with Crippen molar-refractivity contribution in [1.29, 1.82) is 0 Å². The molecule has 7 aromatic rings. The van der Waals surface area contributed by atoms with Gasteiger partial charge < -0.3 is 9.80 Å². The first-order chi connectivity index (χ1) is 24.0. The lowest BCUT2D eigenvalue weighted by atomic mass is 9.95. The quantitative estimate of drug-likeness (QED) is 0.146. The largest absolute Gasteiger partial charge is 0.345 e. The Bertz CT molecular complexity index is 2090. The lowest BCUT2D eigenvalue weighted by molar-refractivity contribution is 1.20. The zero-order valence-corrected chi connectivity index (χ0v) is 28.3. The van der Waals surface area contributed by atoms with Gasteiger partial charge in [-0.25, -0.2) is 0 Å². The van der Waals surface area contributed by atoms with Crippen LogP contribution in [0.5, 0.6) is 0 Å². The highest BCUT2D eigenvalue weighted by Gasteiger charge is 2.14. The average molecular weight is 633 g/mol. The van der Waals surface area contributed by atoms with Crippen LogP contribution in [0.4, 0.5) is 28.4 Å². The molecule has 0 aliphatic rings. The SMILES string of the molecule is Cc1ccc(N(C)c2ccc(-c3ccc(N(c4ccc(C)cc4)c4ccc(C=C(c5ccccc5)c5ccccc5)cc4)cc3)cc2)cc1. The maximum atomic E-state index is 2.33. The van der Waals surface area contributed by atoms with Crippen molar-refractivity contribution in [2.24, 2.45) is 0 Å². The molecular weight excluding hydrogens is 593 g/mol. The van der Waals surface area contributed by atoms with Gasteiger partial charge in [0.15, 0.2) is 0 Å². The summed E-state index contributed by atoms with van der Waals surface area (Å²) in [5.74, 6) is 0. The normalized spacial score (nSPS) is 10.8. The molecule has 7 aromatic carbocycles. The van der Waals surface area contributed by atoms with Crippen molar-refractivity contribution in [3.63, 3.8) is 0 Å². The van der Waals surface area contributed by atoms with Crippen LogP contribution in [0.25, 0.3) is 22.8 Å². The van der Waals surface area contributed by atoms with E-state index in [-0.39, 0.29) is 0 Å². The molecule has 49 heavy (non-hydrogen) atoms. The van der Waals surface area contributed by atoms with Crippen LogP contribution < -0.4 is 9.80 Å². The second kappa shape index (κ2) is 14.3. The zero-order chi connectivity index (χ0) is 33.6. The van der Waals surface area contributed by atoms with E-state index < -0.39 is 0 Å². The average Bonchev–Trinajstić information content (AvgIpc) is 3.16. The molecule has 0 fully saturated rings. The smallest absolute Gasteiger partial charge is 0.0462 e. The Morgan fingerprint density at radius 1 is 0.388 bits per heavy atom. The van der Waals surface area contributed by atoms with Crippen LogP contribution in [-0.2, 0) is 0 Å². The Morgan fingerprint density at radius 2 is 0.735 bits per heavy atom. The lowest BCUT2D eigenvalue weighted by Gasteiger charge is -2.26. The summed E-state index contributed by atoms with van der Waals surface area (Å²) in [5, 5.41) is 0. The maximum absolute atomic E-state index is 2.33. The van der Waals surface area contributed by atoms with Crippen molar-refractivity contribution >= 4 is 40.1 Å². The van der Waals surface area contributed by atoms with E-state index in [1.807, 2.05) is 0 Å². The number of anilines is 5. The minimum absolute atomic E-state index is 1.11. The molecule has 0 bridgehead atoms. The standard InChI is InChI=1S/C47H40N2/c1-35-14-24-42(25-15-35)48(3)43-30-20-38(21-31-43)39-22-32-46(33-23-39)49(44-26-16-36(2)17-27-44)45-28-18-37(19-29-45)34-47(40-10-6-4-7-11-40)41-12-8-5-9-13-41/h4-34H,1-3H3. The summed E-state index contributed by atoms with van der Waals surface area (Å²) in [6, 6.07) is 65.2. The molecule has 0 N–H and O–H groups in total. The molecule has 0 atom stereocenters. The van der Waals surface area contributed by atoms with Gasteiger partial charge in [-0.1, -0.05) is 132 Å². The Kier molecular flexibility index (Phi) is 9.21. The summed E-state index contributed by atoms with van der Waals surface area (Å²) in [4.78, 5) is 4.54. The monoisotopic (exact) mass is 632 g/mol. The summed E-state index contributed by atoms with van der Waals surface area (Å²) in [5.41, 5.74) is 15.3. The van der Waals surface area contributed by atoms with Crippen LogP contribution in [0.2, 0.25) is 0 Å². The number of nitrogens with zero attached hydrogens (tertiary/aromatic N) is 2. The molecule has 238 valence electrons. The molecule has 0 saturated carbocycles. The van der Waals surface area contributed by atoms with Crippen LogP contribution in [0, 0.1) is 13.8 Å². The predicted octanol–water partition coefficient (Wildman–Crippen LogP) is 12.8. The Balaban J connectivity index is 1.18. The van der Waals surface area contributed by atoms with Gasteiger partial charge in [-0.05, 0) is 114 Å². The summed E-state index contributed by atoms with van der Waals surface area (Å²) in [6.45, 7) is 4.25. The second-order valence-electron chi connectivity index (χ2n) is 12.5. The van der Waals surface area contributed by atoms with Crippen molar-refractivity contribution in [3.05, 3.63) is 210 Å². The minimum Gasteiger partial charge on any atom is -0.345 e. The van der Waals surface area contributed by atoms with Gasteiger partial charge >= 0.3 is 0 Å². The second-order valence-corrected chi connectivity index (χ2v) is 12.5. The molecule has 0 aromatic heterocycles. The molecule has 0 heterocycles. The highest BCUT2D eigenvalue weighted by molar-refractivity contribution is 5.91. The molecular formula is C47H40N2. The third-order valence-corrected chi connectivity index (χ3v) is 9.06. The fourth-order valence-corrected chi connectivity index (χ4v) is 6.19. The van der Waals surface area contributed by atoms with Gasteiger partial charge in [0.2, 0.25) is 0 Å². The van der Waals surface area contributed by atoms with Gasteiger partial charge in [-0.15, -0.1) is 0 Å². The van der Waals surface area contributed by atoms with Crippen LogP contribution in [0.1, 0.15) is 27.8 Å². The van der Waals surface area contributed by atoms with Crippen LogP contribution >= 0.6 is 0 Å². The predicted molar refractivity (Wildman–Crippen MR) is 210 cm³/mol. The number of benzene rings is 7. The first-order valence-electron chi connectivity index (χ1n) is 16.8. The first kappa shape index (κ1) is 31.5. The van der Waals surface area contributed by atoms with Crippen molar-refractivity contribution in [1.82, 2.24) is 0 Å². The highest BCUT2D eigenvalue weighted by atomic mass is 15.1. The summed E-state index contributed by atoms with van der Waals surface area (Å²) < 4.78 is 0. The van der Waals surface area contributed by atoms with Gasteiger partial charge in [-0.2, -0.15) is 0 Å². The number of hydrogen-bond donors (Lipinski definition) is 0. The Morgan fingerprint density at radius 3 is 1.16 bits per heavy atom. The topological polar surface area (TPSA) is 6.48 Å². The lowest BCUT2D eigenvalue weighted by Crippen LogP contribution is -2.10. The Labute approximate surface area is 290 Å². The molecule has 7 rings (SSSR count). The van der Waals surface area contributed by atoms with Gasteiger partial charge in [0.1, 0.15) is 0 Å². The van der Waals surface area contributed by atoms with E-state index in [4.69, 9.17) is 0 Å². The first-order valence-corrected chi connectivity index (χ1v) is 16.8. The molecule has 0 amide bonds. The third kappa shape index (κ3) is 7.25. The molecule has 0 aliphatic carbocycles. The van der Waals surface area contributed by atoms with Crippen LogP contribution in [-0.4, -0.2) is 7.05 Å². The number of rotatable bonds is 9. The zero-order valence-electron chi connectivity index (χ0n) is 28.3. The van der Waals surface area contributed by atoms with Crippen molar-refractivity contribution in [2.75, 3.05) is 16.8 Å². The van der Waals surface area contributed by atoms with Gasteiger partial charge in [0.05, 0.1) is 0 Å². The van der Waals surface area contributed by atoms with E-state index >= 15 is 0 Å². The van der Waals surface area contributed by atoms with Crippen LogP contribution in [0.15, 0.2) is 182 Å². The van der Waals surface area contributed by atoms with Crippen molar-refractivity contribution in [3.8, 4) is 11.1 Å². The van der Waals surface area contributed by atoms with Gasteiger partial charge in [0.25, 0.3) is 0 Å². The van der Waals surface area contributed by atoms with E-state index in [1.165, 1.54) is 44.6 Å². The number of aryl methyl sites for hydroxylation is 2. The Hall–Kier alpha value is -6.12. The van der Waals surface area contributed by atoms with E-state index in [0.717, 1.165) is 28.3 Å². The van der Waals surface area contributed by atoms with E-state index in [1.54, 1.807) is 0 Å². The molecule has 0 unspecified atom stereocenters. The molecule has 0 radical (unpaired) electrons. The van der Waals surface area contributed by atoms with Gasteiger partial charge in [0, 0.05) is 35.5 Å². The molecule has 0 saturated heterocycles. The fraction of sp³-hybridized carbons (Fsp3) is 0.0638. The summed E-state index contributed by atoms with van der Waals surface area (Å²) in [7, 11) is 2.11. The molecule has 2 nitrogen and oxygen atoms in total. The van der Waals surface area contributed by atoms with E-state index in [2.05, 4.69) is 219 Å². The number of hydrogen-bond acceptors (Lipinski definition) is 2. The van der Waals surface area contributed by atoms with E-state index in [0.29, 0.717) is 0 Å². The summed E-state index contributed by atoms with van der Waals surface area (Å²) >= 11 is 0. The van der Waals surface area contributed by atoms with Gasteiger partial charge in [-0.3, -0.25) is 0 Å². The molecule has 0 aliphatic heterocycles. The van der Waals surface area contributed by atoms with Crippen molar-refractivity contribution in [2.45, 2.75) is 13.8 Å². The minimum atomic E-state index is 1.11. The summed E-state index contributed by atoms with van der Waals surface area (Å²) in [6.07, 6.45) is 2.28. The molecule has 0 spiro atoms. The highest BCUT2D eigenvalue weighted by Crippen LogP contribution is 2.37. The van der Waals surface area contributed by atoms with Crippen LogP contribution in [0.3, 0.4) is 0 Å². The van der Waals surface area contributed by atoms with Crippen molar-refractivity contribution < 1.29 is 0 Å². The maximum Gasteiger partial charge on any atom is 0.0462 e. The third-order valence-electron chi connectivity index (χ3n) is 9.06.